The molecule has 0 bridgehead atoms. The molecule has 0 heterocycles. The summed E-state index contributed by atoms with van der Waals surface area (Å²) < 4.78 is 35.3. The summed E-state index contributed by atoms with van der Waals surface area (Å²) in [6, 6.07) is 1.61. The average Bonchev–Trinajstić information content (AvgIpc) is 2.43. The van der Waals surface area contributed by atoms with Crippen LogP contribution in [0.2, 0.25) is 0 Å². The Kier molecular flexibility index (Phi) is 1.45. The summed E-state index contributed by atoms with van der Waals surface area (Å²) in [4.78, 5) is 0. The van der Waals surface area contributed by atoms with Crippen molar-refractivity contribution < 1.29 is 13.2 Å². The summed E-state index contributed by atoms with van der Waals surface area (Å²) in [6.45, 7) is 0. The van der Waals surface area contributed by atoms with Crippen LogP contribution in [-0.2, 0) is 0 Å². The van der Waals surface area contributed by atoms with Gasteiger partial charge in [0.25, 0.3) is 0 Å². The first-order valence-electron chi connectivity index (χ1n) is 2.67. The van der Waals surface area contributed by atoms with Gasteiger partial charge in [-0.3, -0.25) is 0 Å². The van der Waals surface area contributed by atoms with Gasteiger partial charge in [0.15, 0.2) is 0 Å². The third-order valence-electron chi connectivity index (χ3n) is 1.61. The topological polar surface area (TPSA) is 23.8 Å². The van der Waals surface area contributed by atoms with E-state index in [4.69, 9.17) is 5.26 Å². The van der Waals surface area contributed by atoms with Crippen LogP contribution in [-0.4, -0.2) is 11.3 Å². The highest BCUT2D eigenvalue weighted by Gasteiger charge is 2.65. The zero-order valence-corrected chi connectivity index (χ0v) is 6.10. The Morgan fingerprint density at radius 3 is 2.20 bits per heavy atom. The number of hydrogen-bond acceptors (Lipinski definition) is 1. The van der Waals surface area contributed by atoms with Crippen LogP contribution in [0.3, 0.4) is 0 Å². The van der Waals surface area contributed by atoms with Crippen LogP contribution >= 0.6 is 9.24 Å². The molecule has 5 heteroatoms. The lowest BCUT2D eigenvalue weighted by Crippen LogP contribution is -2.16. The maximum atomic E-state index is 11.8. The third-order valence-corrected chi connectivity index (χ3v) is 2.37. The quantitative estimate of drug-likeness (QED) is 0.504. The van der Waals surface area contributed by atoms with E-state index < -0.39 is 17.3 Å². The van der Waals surface area contributed by atoms with E-state index in [1.54, 1.807) is 6.07 Å². The van der Waals surface area contributed by atoms with Gasteiger partial charge in [0.05, 0.1) is 17.1 Å². The molecule has 3 atom stereocenters. The lowest BCUT2D eigenvalue weighted by Gasteiger charge is -2.04. The second-order valence-electron chi connectivity index (χ2n) is 2.45. The lowest BCUT2D eigenvalue weighted by atomic mass is 10.3. The number of nitrogens with zero attached hydrogens (tertiary/aromatic N) is 1. The van der Waals surface area contributed by atoms with Crippen LogP contribution in [0.1, 0.15) is 6.42 Å². The molecule has 10 heavy (non-hydrogen) atoms. The summed E-state index contributed by atoms with van der Waals surface area (Å²) in [6.07, 6.45) is -4.27. The molecule has 0 amide bonds. The molecule has 0 aromatic carbocycles. The van der Waals surface area contributed by atoms with Gasteiger partial charge in [0.1, 0.15) is 0 Å². The lowest BCUT2D eigenvalue weighted by molar-refractivity contribution is -0.148. The smallest absolute Gasteiger partial charge is 0.197 e. The maximum absolute atomic E-state index is 11.8. The summed E-state index contributed by atoms with van der Waals surface area (Å²) >= 11 is 0. The highest BCUT2D eigenvalue weighted by Crippen LogP contribution is 2.58. The molecule has 1 unspecified atom stereocenters. The Morgan fingerprint density at radius 1 is 1.60 bits per heavy atom. The van der Waals surface area contributed by atoms with E-state index in [9.17, 15) is 13.2 Å². The van der Waals surface area contributed by atoms with Gasteiger partial charge in [0, 0.05) is 0 Å². The summed E-state index contributed by atoms with van der Waals surface area (Å²) in [7, 11) is 1.95. The molecule has 0 aromatic heterocycles. The number of hydrogen-bond donors (Lipinski definition) is 0. The van der Waals surface area contributed by atoms with Crippen LogP contribution in [0.25, 0.3) is 0 Å². The van der Waals surface area contributed by atoms with E-state index in [0.717, 1.165) is 0 Å². The number of nitriles is 1. The monoisotopic (exact) mass is 167 g/mol. The Morgan fingerprint density at radius 2 is 2.10 bits per heavy atom. The van der Waals surface area contributed by atoms with Crippen LogP contribution in [0.15, 0.2) is 0 Å². The highest BCUT2D eigenvalue weighted by atomic mass is 31.0. The third kappa shape index (κ3) is 1.11. The van der Waals surface area contributed by atoms with Gasteiger partial charge in [-0.1, -0.05) is 0 Å². The zero-order chi connectivity index (χ0) is 7.99. The standard InChI is InChI=1S/C5H5F3NP/c6-5(7,8)3-1-4(3,10)2-9/h3H,1,10H2/t3-,4+/m1/s1. The van der Waals surface area contributed by atoms with Crippen molar-refractivity contribution in [3.05, 3.63) is 0 Å². The summed E-state index contributed by atoms with van der Waals surface area (Å²) in [5.74, 6) is -1.42. The van der Waals surface area contributed by atoms with Gasteiger partial charge in [-0.2, -0.15) is 18.4 Å². The van der Waals surface area contributed by atoms with Crippen LogP contribution in [0, 0.1) is 17.2 Å². The first kappa shape index (κ1) is 7.81. The first-order valence-corrected chi connectivity index (χ1v) is 3.25. The van der Waals surface area contributed by atoms with Crippen molar-refractivity contribution in [1.82, 2.24) is 0 Å². The van der Waals surface area contributed by atoms with Gasteiger partial charge in [-0.05, 0) is 6.42 Å². The molecule has 1 saturated carbocycles. The van der Waals surface area contributed by atoms with Crippen molar-refractivity contribution in [2.24, 2.45) is 5.92 Å². The molecule has 56 valence electrons. The van der Waals surface area contributed by atoms with E-state index in [2.05, 4.69) is 0 Å². The molecule has 0 aliphatic heterocycles. The fraction of sp³-hybridized carbons (Fsp3) is 0.800. The molecule has 0 N–H and O–H groups in total. The fourth-order valence-electron chi connectivity index (χ4n) is 0.810. The van der Waals surface area contributed by atoms with Gasteiger partial charge < -0.3 is 0 Å². The van der Waals surface area contributed by atoms with Gasteiger partial charge >= 0.3 is 6.18 Å². The average molecular weight is 167 g/mol. The Bertz CT molecular complexity index is 194. The van der Waals surface area contributed by atoms with Gasteiger partial charge in [-0.25, -0.2) is 0 Å². The molecule has 1 fully saturated rings. The minimum Gasteiger partial charge on any atom is -0.197 e. The predicted molar refractivity (Wildman–Crippen MR) is 32.2 cm³/mol. The largest absolute Gasteiger partial charge is 0.393 e. The molecule has 0 radical (unpaired) electrons. The summed E-state index contributed by atoms with van der Waals surface area (Å²) in [5, 5.41) is 7.02. The van der Waals surface area contributed by atoms with Crippen molar-refractivity contribution in [1.29, 1.82) is 5.26 Å². The Labute approximate surface area is 58.4 Å². The molecule has 0 saturated heterocycles. The normalized spacial score (nSPS) is 38.9. The SMILES string of the molecule is N#C[C@@]1(P)C[C@H]1C(F)(F)F. The second-order valence-corrected chi connectivity index (χ2v) is 3.48. The minimum atomic E-state index is -4.20. The van der Waals surface area contributed by atoms with Crippen molar-refractivity contribution in [3.8, 4) is 6.07 Å². The first-order chi connectivity index (χ1) is 4.40. The Hall–Kier alpha value is -0.290. The van der Waals surface area contributed by atoms with Crippen molar-refractivity contribution in [2.75, 3.05) is 0 Å². The van der Waals surface area contributed by atoms with E-state index in [-0.39, 0.29) is 6.42 Å². The second kappa shape index (κ2) is 1.85. The molecule has 0 spiro atoms. The molecule has 1 aliphatic carbocycles. The van der Waals surface area contributed by atoms with E-state index in [0.29, 0.717) is 0 Å². The number of alkyl halides is 3. The summed E-state index contributed by atoms with van der Waals surface area (Å²) in [5.41, 5.74) is 0. The number of rotatable bonds is 0. The number of halogens is 3. The van der Waals surface area contributed by atoms with Crippen LogP contribution in [0.5, 0.6) is 0 Å². The van der Waals surface area contributed by atoms with Gasteiger partial charge in [-0.15, -0.1) is 9.24 Å². The van der Waals surface area contributed by atoms with Crippen LogP contribution < -0.4 is 0 Å². The molecular formula is C5H5F3NP. The van der Waals surface area contributed by atoms with E-state index in [1.807, 2.05) is 9.24 Å². The van der Waals surface area contributed by atoms with Crippen molar-refractivity contribution in [2.45, 2.75) is 17.8 Å². The predicted octanol–water partition coefficient (Wildman–Crippen LogP) is 1.71. The highest BCUT2D eigenvalue weighted by molar-refractivity contribution is 7.20. The van der Waals surface area contributed by atoms with E-state index >= 15 is 0 Å². The fourth-order valence-corrected chi connectivity index (χ4v) is 1.23. The van der Waals surface area contributed by atoms with Crippen molar-refractivity contribution in [3.63, 3.8) is 0 Å². The van der Waals surface area contributed by atoms with E-state index in [1.165, 1.54) is 0 Å². The van der Waals surface area contributed by atoms with Gasteiger partial charge in [0.2, 0.25) is 0 Å². The van der Waals surface area contributed by atoms with Crippen LogP contribution in [0.4, 0.5) is 13.2 Å². The maximum Gasteiger partial charge on any atom is 0.393 e. The minimum absolute atomic E-state index is 0.0718. The Balaban J connectivity index is 2.63. The zero-order valence-electron chi connectivity index (χ0n) is 4.94. The molecule has 1 rings (SSSR count). The molecule has 0 aromatic rings. The van der Waals surface area contributed by atoms with Crippen molar-refractivity contribution >= 4 is 9.24 Å². The molecule has 1 nitrogen and oxygen atoms in total. The molecule has 1 aliphatic rings. The molecular weight excluding hydrogens is 162 g/mol.